The lowest BCUT2D eigenvalue weighted by Crippen LogP contribution is -2.47. The highest BCUT2D eigenvalue weighted by Gasteiger charge is 2.30. The molecule has 2 aliphatic heterocycles. The summed E-state index contributed by atoms with van der Waals surface area (Å²) in [5.74, 6) is 1.00. The molecular weight excluding hydrogens is 383 g/mol. The number of nitrogens with zero attached hydrogens (tertiary/aromatic N) is 3. The third kappa shape index (κ3) is 5.88. The average Bonchev–Trinajstić information content (AvgIpc) is 2.98. The molecule has 2 aliphatic rings. The van der Waals surface area contributed by atoms with E-state index in [4.69, 9.17) is 9.47 Å². The number of halogens is 1. The smallest absolute Gasteiger partial charge is 0.193 e. The number of morpholine rings is 1. The van der Waals surface area contributed by atoms with Crippen LogP contribution < -0.4 is 5.32 Å². The van der Waals surface area contributed by atoms with E-state index in [-0.39, 0.29) is 24.0 Å². The summed E-state index contributed by atoms with van der Waals surface area (Å²) in [5, 5.41) is 3.38. The number of likely N-dealkylation sites (tertiary alicyclic amines) is 1. The van der Waals surface area contributed by atoms with Crippen molar-refractivity contribution in [2.75, 3.05) is 66.2 Å². The maximum atomic E-state index is 5.43. The molecule has 0 saturated carbocycles. The lowest BCUT2D eigenvalue weighted by Gasteiger charge is -2.32. The van der Waals surface area contributed by atoms with Crippen LogP contribution in [0.25, 0.3) is 0 Å². The minimum Gasteiger partial charge on any atom is -0.380 e. The summed E-state index contributed by atoms with van der Waals surface area (Å²) < 4.78 is 10.8. The van der Waals surface area contributed by atoms with Crippen molar-refractivity contribution in [1.82, 2.24) is 15.1 Å². The minimum atomic E-state index is 0. The molecule has 0 radical (unpaired) electrons. The fourth-order valence-corrected chi connectivity index (χ4v) is 2.89. The Kier molecular flexibility index (Phi) is 9.54. The van der Waals surface area contributed by atoms with Crippen LogP contribution in [0.4, 0.5) is 0 Å². The summed E-state index contributed by atoms with van der Waals surface area (Å²) in [4.78, 5) is 9.29. The van der Waals surface area contributed by atoms with Crippen LogP contribution >= 0.6 is 24.0 Å². The highest BCUT2D eigenvalue weighted by molar-refractivity contribution is 14.0. The summed E-state index contributed by atoms with van der Waals surface area (Å²) in [6.45, 7) is 10.4. The molecule has 21 heavy (non-hydrogen) atoms. The standard InChI is InChI=1S/C14H28N4O2.HI/c1-3-19-9-5-16-14(15-2)18-6-4-13(12-18)17-7-10-20-11-8-17;/h13H,3-12H2,1-2H3,(H,15,16);1H. The largest absolute Gasteiger partial charge is 0.380 e. The predicted octanol–water partition coefficient (Wildman–Crippen LogP) is 0.623. The van der Waals surface area contributed by atoms with E-state index >= 15 is 0 Å². The highest BCUT2D eigenvalue weighted by atomic mass is 127. The van der Waals surface area contributed by atoms with Crippen LogP contribution in [0.2, 0.25) is 0 Å². The van der Waals surface area contributed by atoms with Gasteiger partial charge in [0.25, 0.3) is 0 Å². The monoisotopic (exact) mass is 412 g/mol. The number of aliphatic imine (C=N–C) groups is 1. The molecule has 2 saturated heterocycles. The van der Waals surface area contributed by atoms with Gasteiger partial charge in [-0.2, -0.15) is 0 Å². The molecule has 2 rings (SSSR count). The Morgan fingerprint density at radius 3 is 2.76 bits per heavy atom. The summed E-state index contributed by atoms with van der Waals surface area (Å²) in [6, 6.07) is 0.643. The number of guanidine groups is 1. The van der Waals surface area contributed by atoms with Gasteiger partial charge in [0, 0.05) is 52.4 Å². The maximum absolute atomic E-state index is 5.43. The molecule has 0 aliphatic carbocycles. The van der Waals surface area contributed by atoms with Gasteiger partial charge >= 0.3 is 0 Å². The van der Waals surface area contributed by atoms with Crippen LogP contribution in [0, 0.1) is 0 Å². The van der Waals surface area contributed by atoms with Gasteiger partial charge in [-0.05, 0) is 13.3 Å². The number of hydrogen-bond donors (Lipinski definition) is 1. The summed E-state index contributed by atoms with van der Waals surface area (Å²) in [6.07, 6.45) is 1.21. The molecule has 0 amide bonds. The zero-order valence-electron chi connectivity index (χ0n) is 13.2. The first-order chi connectivity index (χ1) is 9.85. The Bertz CT molecular complexity index is 311. The second-order valence-corrected chi connectivity index (χ2v) is 5.21. The van der Waals surface area contributed by atoms with Gasteiger partial charge in [-0.3, -0.25) is 9.89 Å². The number of nitrogens with one attached hydrogen (secondary N) is 1. The first-order valence-corrected chi connectivity index (χ1v) is 7.70. The van der Waals surface area contributed by atoms with Gasteiger partial charge in [0.15, 0.2) is 5.96 Å². The molecule has 1 unspecified atom stereocenters. The van der Waals surface area contributed by atoms with E-state index in [1.165, 1.54) is 6.42 Å². The third-order valence-electron chi connectivity index (χ3n) is 3.97. The van der Waals surface area contributed by atoms with Crippen LogP contribution in [0.1, 0.15) is 13.3 Å². The molecule has 2 heterocycles. The maximum Gasteiger partial charge on any atom is 0.193 e. The van der Waals surface area contributed by atoms with E-state index < -0.39 is 0 Å². The molecule has 6 nitrogen and oxygen atoms in total. The van der Waals surface area contributed by atoms with Crippen molar-refractivity contribution in [3.8, 4) is 0 Å². The molecule has 0 aromatic heterocycles. The normalized spacial score (nSPS) is 24.0. The molecular formula is C14H29IN4O2. The number of rotatable bonds is 5. The minimum absolute atomic E-state index is 0. The molecule has 7 heteroatoms. The van der Waals surface area contributed by atoms with E-state index in [2.05, 4.69) is 20.1 Å². The predicted molar refractivity (Wildman–Crippen MR) is 95.6 cm³/mol. The number of ether oxygens (including phenoxy) is 2. The van der Waals surface area contributed by atoms with Crippen LogP contribution in [0.3, 0.4) is 0 Å². The Morgan fingerprint density at radius 2 is 2.10 bits per heavy atom. The van der Waals surface area contributed by atoms with Gasteiger partial charge in [-0.1, -0.05) is 0 Å². The van der Waals surface area contributed by atoms with E-state index in [1.54, 1.807) is 0 Å². The second kappa shape index (κ2) is 10.6. The van der Waals surface area contributed by atoms with Crippen LogP contribution in [-0.2, 0) is 9.47 Å². The van der Waals surface area contributed by atoms with Gasteiger partial charge in [-0.25, -0.2) is 0 Å². The zero-order valence-corrected chi connectivity index (χ0v) is 15.5. The Hall–Kier alpha value is -0.120. The molecule has 1 N–H and O–H groups in total. The lowest BCUT2D eigenvalue weighted by molar-refractivity contribution is 0.0194. The zero-order chi connectivity index (χ0) is 14.2. The molecule has 0 aromatic rings. The first-order valence-electron chi connectivity index (χ1n) is 7.70. The SMILES string of the molecule is CCOCCNC(=NC)N1CCC(N2CCOCC2)C1.I. The van der Waals surface area contributed by atoms with Crippen LogP contribution in [0.15, 0.2) is 4.99 Å². The highest BCUT2D eigenvalue weighted by Crippen LogP contribution is 2.16. The summed E-state index contributed by atoms with van der Waals surface area (Å²) in [5.41, 5.74) is 0. The summed E-state index contributed by atoms with van der Waals surface area (Å²) >= 11 is 0. The summed E-state index contributed by atoms with van der Waals surface area (Å²) in [7, 11) is 1.85. The second-order valence-electron chi connectivity index (χ2n) is 5.21. The van der Waals surface area contributed by atoms with Crippen molar-refractivity contribution >= 4 is 29.9 Å². The molecule has 124 valence electrons. The van der Waals surface area contributed by atoms with E-state index in [0.29, 0.717) is 6.04 Å². The fourth-order valence-electron chi connectivity index (χ4n) is 2.89. The van der Waals surface area contributed by atoms with Crippen LogP contribution in [-0.4, -0.2) is 88.0 Å². The van der Waals surface area contributed by atoms with Crippen molar-refractivity contribution < 1.29 is 9.47 Å². The van der Waals surface area contributed by atoms with Gasteiger partial charge < -0.3 is 19.7 Å². The Morgan fingerprint density at radius 1 is 1.33 bits per heavy atom. The molecule has 2 fully saturated rings. The van der Waals surface area contributed by atoms with Gasteiger partial charge in [0.05, 0.1) is 19.8 Å². The topological polar surface area (TPSA) is 49.3 Å². The number of hydrogen-bond acceptors (Lipinski definition) is 4. The van der Waals surface area contributed by atoms with Gasteiger partial charge in [0.1, 0.15) is 0 Å². The van der Waals surface area contributed by atoms with Crippen molar-refractivity contribution in [1.29, 1.82) is 0 Å². The molecule has 0 bridgehead atoms. The lowest BCUT2D eigenvalue weighted by atomic mass is 10.2. The Labute approximate surface area is 145 Å². The van der Waals surface area contributed by atoms with E-state index in [9.17, 15) is 0 Å². The van der Waals surface area contributed by atoms with Crippen molar-refractivity contribution in [3.05, 3.63) is 0 Å². The van der Waals surface area contributed by atoms with Gasteiger partial charge in [-0.15, -0.1) is 24.0 Å². The van der Waals surface area contributed by atoms with Crippen LogP contribution in [0.5, 0.6) is 0 Å². The molecule has 0 aromatic carbocycles. The van der Waals surface area contributed by atoms with E-state index in [1.807, 2.05) is 14.0 Å². The molecule has 1 atom stereocenters. The molecule has 0 spiro atoms. The van der Waals surface area contributed by atoms with Gasteiger partial charge in [0.2, 0.25) is 0 Å². The van der Waals surface area contributed by atoms with E-state index in [0.717, 1.165) is 65.1 Å². The quantitative estimate of drug-likeness (QED) is 0.311. The first kappa shape index (κ1) is 18.9. The third-order valence-corrected chi connectivity index (χ3v) is 3.97. The van der Waals surface area contributed by atoms with Crippen molar-refractivity contribution in [3.63, 3.8) is 0 Å². The average molecular weight is 412 g/mol. The fraction of sp³-hybridized carbons (Fsp3) is 0.929. The van der Waals surface area contributed by atoms with Crippen molar-refractivity contribution in [2.24, 2.45) is 4.99 Å². The Balaban J connectivity index is 0.00000220. The van der Waals surface area contributed by atoms with Crippen molar-refractivity contribution in [2.45, 2.75) is 19.4 Å².